The van der Waals surface area contributed by atoms with Crippen molar-refractivity contribution in [2.75, 3.05) is 12.4 Å². The lowest BCUT2D eigenvalue weighted by Crippen LogP contribution is -2.06. The van der Waals surface area contributed by atoms with Gasteiger partial charge in [0.25, 0.3) is 5.91 Å². The summed E-state index contributed by atoms with van der Waals surface area (Å²) in [4.78, 5) is 12.1. The molecule has 0 unspecified atom stereocenters. The van der Waals surface area contributed by atoms with Gasteiger partial charge in [0, 0.05) is 16.8 Å². The van der Waals surface area contributed by atoms with Gasteiger partial charge in [-0.1, -0.05) is 6.07 Å². The molecule has 8 heteroatoms. The first-order valence-corrected chi connectivity index (χ1v) is 7.81. The standard InChI is InChI=1S/C17H11BrF3NO3/c1-25-14-6-8(5-12(18)15(14)23)4-11-10-3-2-9(17(19,20)21)7-13(10)22-16(11)24/h2-7,23H,1H3,(H,22,24)/b11-4-. The number of carbonyl (C=O) groups is 1. The molecule has 1 aliphatic heterocycles. The number of aromatic hydroxyl groups is 1. The molecular formula is C17H11BrF3NO3. The molecule has 0 atom stereocenters. The van der Waals surface area contributed by atoms with E-state index in [0.717, 1.165) is 12.1 Å². The number of methoxy groups -OCH3 is 1. The van der Waals surface area contributed by atoms with Gasteiger partial charge in [0.2, 0.25) is 0 Å². The topological polar surface area (TPSA) is 58.6 Å². The second-order valence-corrected chi connectivity index (χ2v) is 6.18. The summed E-state index contributed by atoms with van der Waals surface area (Å²) < 4.78 is 43.8. The highest BCUT2D eigenvalue weighted by Crippen LogP contribution is 2.40. The molecule has 0 saturated heterocycles. The van der Waals surface area contributed by atoms with E-state index < -0.39 is 17.6 Å². The number of carbonyl (C=O) groups excluding carboxylic acids is 1. The van der Waals surface area contributed by atoms with Crippen molar-refractivity contribution in [3.05, 3.63) is 51.5 Å². The maximum Gasteiger partial charge on any atom is 0.416 e. The Morgan fingerprint density at radius 1 is 1.24 bits per heavy atom. The lowest BCUT2D eigenvalue weighted by atomic mass is 10.0. The van der Waals surface area contributed by atoms with E-state index in [1.807, 2.05) is 0 Å². The zero-order valence-corrected chi connectivity index (χ0v) is 14.3. The molecule has 0 radical (unpaired) electrons. The van der Waals surface area contributed by atoms with E-state index in [9.17, 15) is 23.1 Å². The molecule has 0 bridgehead atoms. The first-order valence-electron chi connectivity index (χ1n) is 7.02. The maximum atomic E-state index is 12.8. The minimum absolute atomic E-state index is 0.0873. The number of benzene rings is 2. The molecule has 0 aromatic heterocycles. The number of nitrogens with one attached hydrogen (secondary N) is 1. The Morgan fingerprint density at radius 3 is 2.60 bits per heavy atom. The fraction of sp³-hybridized carbons (Fsp3) is 0.118. The molecule has 3 rings (SSSR count). The van der Waals surface area contributed by atoms with Crippen molar-refractivity contribution < 1.29 is 27.8 Å². The van der Waals surface area contributed by atoms with Crippen molar-refractivity contribution in [2.45, 2.75) is 6.18 Å². The number of amides is 1. The van der Waals surface area contributed by atoms with Gasteiger partial charge < -0.3 is 15.2 Å². The maximum absolute atomic E-state index is 12.8. The van der Waals surface area contributed by atoms with Gasteiger partial charge in [-0.2, -0.15) is 13.2 Å². The molecule has 4 nitrogen and oxygen atoms in total. The van der Waals surface area contributed by atoms with Crippen LogP contribution in [0.1, 0.15) is 16.7 Å². The average molecular weight is 414 g/mol. The van der Waals surface area contributed by atoms with Crippen LogP contribution in [0.4, 0.5) is 18.9 Å². The zero-order chi connectivity index (χ0) is 18.4. The molecule has 0 saturated carbocycles. The van der Waals surface area contributed by atoms with Crippen LogP contribution >= 0.6 is 15.9 Å². The molecule has 25 heavy (non-hydrogen) atoms. The molecule has 0 aliphatic carbocycles. The summed E-state index contributed by atoms with van der Waals surface area (Å²) in [5, 5.41) is 12.3. The summed E-state index contributed by atoms with van der Waals surface area (Å²) in [6.45, 7) is 0. The summed E-state index contributed by atoms with van der Waals surface area (Å²) >= 11 is 3.18. The van der Waals surface area contributed by atoms with Crippen LogP contribution in [0, 0.1) is 0 Å². The molecular weight excluding hydrogens is 403 g/mol. The van der Waals surface area contributed by atoms with Gasteiger partial charge in [-0.25, -0.2) is 0 Å². The van der Waals surface area contributed by atoms with Gasteiger partial charge in [-0.15, -0.1) is 0 Å². The van der Waals surface area contributed by atoms with Gasteiger partial charge in [0.15, 0.2) is 11.5 Å². The van der Waals surface area contributed by atoms with Gasteiger partial charge >= 0.3 is 6.18 Å². The average Bonchev–Trinajstić information content (AvgIpc) is 2.85. The molecule has 1 amide bonds. The Labute approximate surface area is 149 Å². The number of anilines is 1. The third kappa shape index (κ3) is 3.21. The van der Waals surface area contributed by atoms with E-state index in [1.165, 1.54) is 25.3 Å². The van der Waals surface area contributed by atoms with Crippen LogP contribution in [0.3, 0.4) is 0 Å². The number of ether oxygens (including phenoxy) is 1. The van der Waals surface area contributed by atoms with E-state index in [-0.39, 0.29) is 22.8 Å². The third-order valence-corrected chi connectivity index (χ3v) is 4.32. The van der Waals surface area contributed by atoms with Gasteiger partial charge in [0.1, 0.15) is 0 Å². The van der Waals surface area contributed by atoms with Crippen molar-refractivity contribution in [1.82, 2.24) is 0 Å². The first-order chi connectivity index (χ1) is 11.7. The van der Waals surface area contributed by atoms with E-state index >= 15 is 0 Å². The van der Waals surface area contributed by atoms with Crippen LogP contribution in [-0.2, 0) is 11.0 Å². The Hall–Kier alpha value is -2.48. The second kappa shape index (κ2) is 6.11. The SMILES string of the molecule is COc1cc(/C=C2\C(=O)Nc3cc(C(F)(F)F)ccc32)cc(Br)c1O. The highest BCUT2D eigenvalue weighted by Gasteiger charge is 2.33. The summed E-state index contributed by atoms with van der Waals surface area (Å²) in [5.74, 6) is -0.388. The zero-order valence-electron chi connectivity index (χ0n) is 12.7. The molecule has 0 fully saturated rings. The Balaban J connectivity index is 2.07. The monoisotopic (exact) mass is 413 g/mol. The van der Waals surface area contributed by atoms with Crippen LogP contribution < -0.4 is 10.1 Å². The fourth-order valence-electron chi connectivity index (χ4n) is 2.51. The molecule has 2 N–H and O–H groups in total. The smallest absolute Gasteiger partial charge is 0.416 e. The number of hydrogen-bond acceptors (Lipinski definition) is 3. The van der Waals surface area contributed by atoms with Gasteiger partial charge in [-0.05, 0) is 51.8 Å². The van der Waals surface area contributed by atoms with E-state index in [2.05, 4.69) is 21.2 Å². The predicted molar refractivity (Wildman–Crippen MR) is 90.3 cm³/mol. The van der Waals surface area contributed by atoms with Gasteiger partial charge in [-0.3, -0.25) is 4.79 Å². The van der Waals surface area contributed by atoms with Crippen LogP contribution in [0.15, 0.2) is 34.8 Å². The summed E-state index contributed by atoms with van der Waals surface area (Å²) in [7, 11) is 1.38. The lowest BCUT2D eigenvalue weighted by molar-refractivity contribution is -0.137. The quantitative estimate of drug-likeness (QED) is 0.703. The van der Waals surface area contributed by atoms with Crippen molar-refractivity contribution in [1.29, 1.82) is 0 Å². The summed E-state index contributed by atoms with van der Waals surface area (Å²) in [6, 6.07) is 6.18. The Bertz CT molecular complexity index is 907. The van der Waals surface area contributed by atoms with E-state index in [4.69, 9.17) is 4.74 Å². The van der Waals surface area contributed by atoms with E-state index in [0.29, 0.717) is 15.6 Å². The summed E-state index contributed by atoms with van der Waals surface area (Å²) in [5.41, 5.74) is 0.418. The largest absolute Gasteiger partial charge is 0.503 e. The van der Waals surface area contributed by atoms with Crippen LogP contribution in [0.5, 0.6) is 11.5 Å². The van der Waals surface area contributed by atoms with Crippen LogP contribution in [0.2, 0.25) is 0 Å². The van der Waals surface area contributed by atoms with Crippen molar-refractivity contribution in [2.24, 2.45) is 0 Å². The number of halogens is 4. The number of rotatable bonds is 2. The number of fused-ring (bicyclic) bond motifs is 1. The summed E-state index contributed by atoms with van der Waals surface area (Å²) in [6.07, 6.45) is -2.97. The number of phenols is 1. The molecule has 130 valence electrons. The third-order valence-electron chi connectivity index (χ3n) is 3.71. The van der Waals surface area contributed by atoms with Crippen molar-refractivity contribution >= 4 is 39.2 Å². The molecule has 1 heterocycles. The normalized spacial score (nSPS) is 15.2. The van der Waals surface area contributed by atoms with E-state index in [1.54, 1.807) is 6.07 Å². The fourth-order valence-corrected chi connectivity index (χ4v) is 2.97. The Kier molecular flexibility index (Phi) is 4.24. The lowest BCUT2D eigenvalue weighted by Gasteiger charge is -2.08. The number of phenolic OH excluding ortho intramolecular Hbond substituents is 1. The minimum Gasteiger partial charge on any atom is -0.503 e. The molecule has 1 aliphatic rings. The molecule has 0 spiro atoms. The van der Waals surface area contributed by atoms with Crippen molar-refractivity contribution in [3.8, 4) is 11.5 Å². The predicted octanol–water partition coefficient (Wildman–Crippen LogP) is 4.67. The van der Waals surface area contributed by atoms with Crippen LogP contribution in [-0.4, -0.2) is 18.1 Å². The number of alkyl halides is 3. The highest BCUT2D eigenvalue weighted by atomic mass is 79.9. The first kappa shape index (κ1) is 17.3. The number of hydrogen-bond donors (Lipinski definition) is 2. The molecule has 2 aromatic carbocycles. The van der Waals surface area contributed by atoms with Crippen LogP contribution in [0.25, 0.3) is 11.6 Å². The van der Waals surface area contributed by atoms with Gasteiger partial charge in [0.05, 0.1) is 17.1 Å². The second-order valence-electron chi connectivity index (χ2n) is 5.32. The minimum atomic E-state index is -4.48. The Morgan fingerprint density at radius 2 is 1.96 bits per heavy atom. The molecule has 2 aromatic rings. The highest BCUT2D eigenvalue weighted by molar-refractivity contribution is 9.10. The van der Waals surface area contributed by atoms with Crippen molar-refractivity contribution in [3.63, 3.8) is 0 Å².